The maximum Gasteiger partial charge on any atom is 0.142 e. The summed E-state index contributed by atoms with van der Waals surface area (Å²) in [6, 6.07) is 0. The molecule has 1 nitrogen and oxygen atoms in total. The Kier molecular flexibility index (Phi) is 1.61. The molecule has 0 aromatic heterocycles. The Labute approximate surface area is 79.2 Å². The summed E-state index contributed by atoms with van der Waals surface area (Å²) in [5, 5.41) is 0. The molecular weight excluding hydrogens is 160 g/mol. The summed E-state index contributed by atoms with van der Waals surface area (Å²) in [4.78, 5) is 10.5. The van der Waals surface area contributed by atoms with Crippen LogP contribution in [0.25, 0.3) is 0 Å². The lowest BCUT2D eigenvalue weighted by molar-refractivity contribution is -0.104. The van der Waals surface area contributed by atoms with Gasteiger partial charge in [-0.1, -0.05) is 5.57 Å². The topological polar surface area (TPSA) is 17.1 Å². The molecule has 0 aromatic rings. The third kappa shape index (κ3) is 1.09. The molecule has 0 aromatic carbocycles. The lowest BCUT2D eigenvalue weighted by atomic mass is 9.54. The molecule has 0 saturated heterocycles. The van der Waals surface area contributed by atoms with Gasteiger partial charge >= 0.3 is 0 Å². The molecule has 13 heavy (non-hydrogen) atoms. The van der Waals surface area contributed by atoms with E-state index in [0.717, 1.165) is 30.0 Å². The molecule has 0 heterocycles. The van der Waals surface area contributed by atoms with Crippen LogP contribution in [0.5, 0.6) is 0 Å². The van der Waals surface area contributed by atoms with Gasteiger partial charge in [0.1, 0.15) is 6.29 Å². The van der Waals surface area contributed by atoms with Crippen LogP contribution in [0.4, 0.5) is 0 Å². The van der Waals surface area contributed by atoms with E-state index in [1.54, 1.807) is 0 Å². The monoisotopic (exact) mass is 176 g/mol. The Balaban J connectivity index is 1.93. The Morgan fingerprint density at radius 2 is 1.46 bits per heavy atom. The molecule has 0 radical (unpaired) electrons. The van der Waals surface area contributed by atoms with Crippen LogP contribution in [0.2, 0.25) is 0 Å². The van der Waals surface area contributed by atoms with Crippen molar-refractivity contribution in [3.8, 4) is 0 Å². The summed E-state index contributed by atoms with van der Waals surface area (Å²) >= 11 is 0. The number of hydrogen-bond acceptors (Lipinski definition) is 1. The van der Waals surface area contributed by atoms with Crippen LogP contribution in [0.3, 0.4) is 0 Å². The smallest absolute Gasteiger partial charge is 0.142 e. The highest BCUT2D eigenvalue weighted by molar-refractivity contribution is 5.66. The molecule has 4 bridgehead atoms. The van der Waals surface area contributed by atoms with E-state index in [1.807, 2.05) is 6.08 Å². The normalized spacial score (nSPS) is 46.6. The maximum absolute atomic E-state index is 10.5. The van der Waals surface area contributed by atoms with Crippen molar-refractivity contribution < 1.29 is 4.79 Å². The van der Waals surface area contributed by atoms with Crippen molar-refractivity contribution in [1.29, 1.82) is 0 Å². The Bertz CT molecular complexity index is 234. The molecule has 0 unspecified atom stereocenters. The maximum atomic E-state index is 10.5. The van der Waals surface area contributed by atoms with E-state index in [1.165, 1.54) is 37.7 Å². The highest BCUT2D eigenvalue weighted by Gasteiger charge is 2.44. The van der Waals surface area contributed by atoms with Crippen LogP contribution in [-0.4, -0.2) is 6.29 Å². The molecule has 0 amide bonds. The minimum Gasteiger partial charge on any atom is -0.299 e. The molecular formula is C12H16O. The van der Waals surface area contributed by atoms with Crippen LogP contribution in [0, 0.1) is 23.7 Å². The van der Waals surface area contributed by atoms with Gasteiger partial charge in [0.2, 0.25) is 0 Å². The van der Waals surface area contributed by atoms with Gasteiger partial charge in [-0.3, -0.25) is 4.79 Å². The van der Waals surface area contributed by atoms with Crippen LogP contribution in [0.1, 0.15) is 32.1 Å². The van der Waals surface area contributed by atoms with E-state index in [2.05, 4.69) is 0 Å². The zero-order valence-corrected chi connectivity index (χ0v) is 7.91. The van der Waals surface area contributed by atoms with Crippen molar-refractivity contribution in [2.75, 3.05) is 0 Å². The first-order chi connectivity index (χ1) is 6.36. The van der Waals surface area contributed by atoms with Crippen LogP contribution in [-0.2, 0) is 4.79 Å². The number of allylic oxidation sites excluding steroid dienone is 2. The minimum absolute atomic E-state index is 0.793. The SMILES string of the molecule is O=CC=C1C2CC3CC(C2)CC1C3. The van der Waals surface area contributed by atoms with Gasteiger partial charge in [-0.2, -0.15) is 0 Å². The molecule has 4 fully saturated rings. The number of hydrogen-bond donors (Lipinski definition) is 0. The van der Waals surface area contributed by atoms with Crippen molar-refractivity contribution in [2.45, 2.75) is 32.1 Å². The fourth-order valence-electron chi connectivity index (χ4n) is 4.08. The average Bonchev–Trinajstić information content (AvgIpc) is 2.10. The lowest BCUT2D eigenvalue weighted by Gasteiger charge is -2.51. The second-order valence-corrected chi connectivity index (χ2v) is 5.11. The second kappa shape index (κ2) is 2.70. The molecule has 0 N–H and O–H groups in total. The summed E-state index contributed by atoms with van der Waals surface area (Å²) in [6.45, 7) is 0. The Morgan fingerprint density at radius 1 is 0.923 bits per heavy atom. The van der Waals surface area contributed by atoms with Crippen molar-refractivity contribution in [3.05, 3.63) is 11.6 Å². The Morgan fingerprint density at radius 3 is 1.92 bits per heavy atom. The van der Waals surface area contributed by atoms with E-state index in [4.69, 9.17) is 0 Å². The van der Waals surface area contributed by atoms with Gasteiger partial charge in [0.05, 0.1) is 0 Å². The first-order valence-electron chi connectivity index (χ1n) is 5.52. The third-order valence-corrected chi connectivity index (χ3v) is 4.34. The molecule has 4 aliphatic rings. The van der Waals surface area contributed by atoms with Gasteiger partial charge in [-0.25, -0.2) is 0 Å². The quantitative estimate of drug-likeness (QED) is 0.443. The van der Waals surface area contributed by atoms with Crippen LogP contribution >= 0.6 is 0 Å². The highest BCUT2D eigenvalue weighted by Crippen LogP contribution is 2.56. The van der Waals surface area contributed by atoms with Crippen LogP contribution in [0.15, 0.2) is 11.6 Å². The number of aldehydes is 1. The van der Waals surface area contributed by atoms with Gasteiger partial charge in [-0.15, -0.1) is 0 Å². The Hall–Kier alpha value is -0.590. The van der Waals surface area contributed by atoms with E-state index < -0.39 is 0 Å². The first-order valence-corrected chi connectivity index (χ1v) is 5.52. The summed E-state index contributed by atoms with van der Waals surface area (Å²) in [6.07, 6.45) is 9.88. The average molecular weight is 176 g/mol. The number of carbonyl (C=O) groups excluding carboxylic acids is 1. The molecule has 1 heteroatoms. The fourth-order valence-corrected chi connectivity index (χ4v) is 4.08. The molecule has 70 valence electrons. The van der Waals surface area contributed by atoms with Gasteiger partial charge in [-0.05, 0) is 61.9 Å². The van der Waals surface area contributed by atoms with E-state index in [0.29, 0.717) is 0 Å². The zero-order valence-electron chi connectivity index (χ0n) is 7.91. The highest BCUT2D eigenvalue weighted by atomic mass is 16.1. The van der Waals surface area contributed by atoms with Crippen LogP contribution < -0.4 is 0 Å². The number of carbonyl (C=O) groups is 1. The molecule has 4 aliphatic carbocycles. The molecule has 0 atom stereocenters. The predicted molar refractivity (Wildman–Crippen MR) is 51.2 cm³/mol. The van der Waals surface area contributed by atoms with Crippen molar-refractivity contribution >= 4 is 6.29 Å². The summed E-state index contributed by atoms with van der Waals surface area (Å²) in [5.74, 6) is 3.60. The first kappa shape index (κ1) is 7.78. The minimum atomic E-state index is 0.793. The van der Waals surface area contributed by atoms with Gasteiger partial charge in [0, 0.05) is 0 Å². The van der Waals surface area contributed by atoms with Gasteiger partial charge < -0.3 is 0 Å². The third-order valence-electron chi connectivity index (χ3n) is 4.34. The molecule has 0 aliphatic heterocycles. The van der Waals surface area contributed by atoms with E-state index in [-0.39, 0.29) is 0 Å². The van der Waals surface area contributed by atoms with Gasteiger partial charge in [0.25, 0.3) is 0 Å². The standard InChI is InChI=1S/C12H16O/c13-2-1-12-10-4-8-3-9(6-10)7-11(12)5-8/h1-2,8-11H,3-7H2. The predicted octanol–water partition coefficient (Wildman–Crippen LogP) is 2.57. The number of rotatable bonds is 1. The zero-order chi connectivity index (χ0) is 8.84. The van der Waals surface area contributed by atoms with Crippen molar-refractivity contribution in [2.24, 2.45) is 23.7 Å². The van der Waals surface area contributed by atoms with E-state index in [9.17, 15) is 4.79 Å². The van der Waals surface area contributed by atoms with Crippen molar-refractivity contribution in [3.63, 3.8) is 0 Å². The largest absolute Gasteiger partial charge is 0.299 e. The second-order valence-electron chi connectivity index (χ2n) is 5.11. The molecule has 4 saturated carbocycles. The van der Waals surface area contributed by atoms with Crippen molar-refractivity contribution in [1.82, 2.24) is 0 Å². The molecule has 0 spiro atoms. The fraction of sp³-hybridized carbons (Fsp3) is 0.750. The van der Waals surface area contributed by atoms with Gasteiger partial charge in [0.15, 0.2) is 0 Å². The summed E-state index contributed by atoms with van der Waals surface area (Å²) in [5.41, 5.74) is 1.50. The molecule has 4 rings (SSSR count). The summed E-state index contributed by atoms with van der Waals surface area (Å²) in [7, 11) is 0. The lowest BCUT2D eigenvalue weighted by Crippen LogP contribution is -2.40. The van der Waals surface area contributed by atoms with E-state index >= 15 is 0 Å². The summed E-state index contributed by atoms with van der Waals surface area (Å²) < 4.78 is 0.